The molecule has 0 radical (unpaired) electrons. The van der Waals surface area contributed by atoms with Crippen molar-refractivity contribution < 1.29 is 4.74 Å². The van der Waals surface area contributed by atoms with E-state index in [0.717, 1.165) is 30.2 Å². The summed E-state index contributed by atoms with van der Waals surface area (Å²) in [5.41, 5.74) is 3.51. The van der Waals surface area contributed by atoms with Gasteiger partial charge >= 0.3 is 0 Å². The van der Waals surface area contributed by atoms with Crippen molar-refractivity contribution >= 4 is 0 Å². The summed E-state index contributed by atoms with van der Waals surface area (Å²) < 4.78 is 5.82. The standard InChI is InChI=1S/C17H23N3O/c1-12(2)13-3-5-16(6-4-13)21-11-15-9-17(20-19-15)14-7-8-18-10-14/h3-6,9,12,14,18H,7-8,10-11H2,1-2H3,(H,19,20). The number of hydrogen-bond donors (Lipinski definition) is 2. The lowest BCUT2D eigenvalue weighted by Gasteiger charge is -2.08. The van der Waals surface area contributed by atoms with E-state index >= 15 is 0 Å². The molecule has 1 unspecified atom stereocenters. The first kappa shape index (κ1) is 14.1. The lowest BCUT2D eigenvalue weighted by molar-refractivity contribution is 0.301. The minimum absolute atomic E-state index is 0.536. The van der Waals surface area contributed by atoms with E-state index in [1.165, 1.54) is 12.0 Å². The fourth-order valence-corrected chi connectivity index (χ4v) is 2.68. The van der Waals surface area contributed by atoms with Gasteiger partial charge in [0.1, 0.15) is 12.4 Å². The van der Waals surface area contributed by atoms with Crippen molar-refractivity contribution in [1.82, 2.24) is 15.5 Å². The molecule has 3 rings (SSSR count). The Kier molecular flexibility index (Phi) is 4.25. The van der Waals surface area contributed by atoms with Gasteiger partial charge in [0, 0.05) is 12.5 Å². The molecule has 112 valence electrons. The summed E-state index contributed by atoms with van der Waals surface area (Å²) in [4.78, 5) is 0. The molecule has 1 aromatic heterocycles. The quantitative estimate of drug-likeness (QED) is 0.887. The summed E-state index contributed by atoms with van der Waals surface area (Å²) in [6, 6.07) is 10.5. The summed E-state index contributed by atoms with van der Waals surface area (Å²) >= 11 is 0. The van der Waals surface area contributed by atoms with Gasteiger partial charge in [0.2, 0.25) is 0 Å². The summed E-state index contributed by atoms with van der Waals surface area (Å²) in [6.07, 6.45) is 1.17. The zero-order valence-electron chi connectivity index (χ0n) is 12.7. The number of aromatic amines is 1. The van der Waals surface area contributed by atoms with Gasteiger partial charge in [-0.05, 0) is 42.6 Å². The molecule has 0 aliphatic carbocycles. The van der Waals surface area contributed by atoms with Crippen LogP contribution in [0.4, 0.5) is 0 Å². The van der Waals surface area contributed by atoms with Crippen LogP contribution in [0.5, 0.6) is 5.75 Å². The molecule has 1 atom stereocenters. The van der Waals surface area contributed by atoms with Gasteiger partial charge in [-0.2, -0.15) is 5.10 Å². The van der Waals surface area contributed by atoms with Crippen LogP contribution in [0.3, 0.4) is 0 Å². The second-order valence-corrected chi connectivity index (χ2v) is 6.02. The van der Waals surface area contributed by atoms with E-state index in [2.05, 4.69) is 47.6 Å². The zero-order chi connectivity index (χ0) is 14.7. The maximum atomic E-state index is 5.82. The Labute approximate surface area is 125 Å². The molecule has 1 saturated heterocycles. The van der Waals surface area contributed by atoms with E-state index in [4.69, 9.17) is 4.74 Å². The molecule has 2 heterocycles. The lowest BCUT2D eigenvalue weighted by atomic mass is 10.0. The highest BCUT2D eigenvalue weighted by atomic mass is 16.5. The third-order valence-corrected chi connectivity index (χ3v) is 4.07. The molecule has 0 bridgehead atoms. The second kappa shape index (κ2) is 6.31. The number of ether oxygens (including phenoxy) is 1. The number of aromatic nitrogens is 2. The molecular formula is C17H23N3O. The van der Waals surface area contributed by atoms with Crippen LogP contribution in [-0.2, 0) is 6.61 Å². The minimum Gasteiger partial charge on any atom is -0.487 e. The van der Waals surface area contributed by atoms with Gasteiger partial charge in [0.25, 0.3) is 0 Å². The van der Waals surface area contributed by atoms with E-state index in [9.17, 15) is 0 Å². The van der Waals surface area contributed by atoms with Crippen molar-refractivity contribution in [3.63, 3.8) is 0 Å². The molecule has 1 aliphatic heterocycles. The largest absolute Gasteiger partial charge is 0.487 e. The normalized spacial score (nSPS) is 18.3. The van der Waals surface area contributed by atoms with Crippen molar-refractivity contribution in [3.8, 4) is 5.75 Å². The predicted molar refractivity (Wildman–Crippen MR) is 83.7 cm³/mol. The molecule has 4 nitrogen and oxygen atoms in total. The highest BCUT2D eigenvalue weighted by Gasteiger charge is 2.19. The van der Waals surface area contributed by atoms with Crippen LogP contribution in [0.2, 0.25) is 0 Å². The molecule has 0 saturated carbocycles. The van der Waals surface area contributed by atoms with Crippen LogP contribution >= 0.6 is 0 Å². The molecule has 1 aliphatic rings. The van der Waals surface area contributed by atoms with Gasteiger partial charge in [-0.15, -0.1) is 0 Å². The fraction of sp³-hybridized carbons (Fsp3) is 0.471. The van der Waals surface area contributed by atoms with Crippen LogP contribution in [-0.4, -0.2) is 23.3 Å². The Morgan fingerprint density at radius 2 is 2.10 bits per heavy atom. The number of hydrogen-bond acceptors (Lipinski definition) is 3. The maximum Gasteiger partial charge on any atom is 0.130 e. The maximum absolute atomic E-state index is 5.82. The van der Waals surface area contributed by atoms with E-state index < -0.39 is 0 Å². The Balaban J connectivity index is 1.57. The summed E-state index contributed by atoms with van der Waals surface area (Å²) in [5.74, 6) is 1.99. The van der Waals surface area contributed by atoms with Crippen LogP contribution in [0, 0.1) is 0 Å². The third-order valence-electron chi connectivity index (χ3n) is 4.07. The van der Waals surface area contributed by atoms with E-state index in [-0.39, 0.29) is 0 Å². The van der Waals surface area contributed by atoms with E-state index in [1.807, 2.05) is 12.1 Å². The molecule has 2 N–H and O–H groups in total. The average Bonchev–Trinajstić information content (AvgIpc) is 3.16. The van der Waals surface area contributed by atoms with Crippen molar-refractivity contribution in [2.75, 3.05) is 13.1 Å². The molecule has 2 aromatic rings. The summed E-state index contributed by atoms with van der Waals surface area (Å²) in [7, 11) is 0. The molecule has 21 heavy (non-hydrogen) atoms. The lowest BCUT2D eigenvalue weighted by Crippen LogP contribution is -2.08. The molecular weight excluding hydrogens is 262 g/mol. The fourth-order valence-electron chi connectivity index (χ4n) is 2.68. The number of nitrogens with zero attached hydrogens (tertiary/aromatic N) is 1. The van der Waals surface area contributed by atoms with Crippen LogP contribution in [0.15, 0.2) is 30.3 Å². The number of H-pyrrole nitrogens is 1. The van der Waals surface area contributed by atoms with Crippen LogP contribution < -0.4 is 10.1 Å². The highest BCUT2D eigenvalue weighted by molar-refractivity contribution is 5.29. The molecule has 1 aromatic carbocycles. The zero-order valence-corrected chi connectivity index (χ0v) is 12.7. The van der Waals surface area contributed by atoms with Crippen molar-refractivity contribution in [1.29, 1.82) is 0 Å². The third kappa shape index (κ3) is 3.45. The Hall–Kier alpha value is -1.81. The highest BCUT2D eigenvalue weighted by Crippen LogP contribution is 2.22. The number of rotatable bonds is 5. The average molecular weight is 285 g/mol. The predicted octanol–water partition coefficient (Wildman–Crippen LogP) is 3.19. The minimum atomic E-state index is 0.536. The SMILES string of the molecule is CC(C)c1ccc(OCc2cc(C3CCNC3)n[nH]2)cc1. The van der Waals surface area contributed by atoms with Crippen LogP contribution in [0.1, 0.15) is 49.1 Å². The molecule has 0 amide bonds. The van der Waals surface area contributed by atoms with Gasteiger partial charge < -0.3 is 10.1 Å². The molecule has 0 spiro atoms. The second-order valence-electron chi connectivity index (χ2n) is 6.02. The van der Waals surface area contributed by atoms with Gasteiger partial charge in [0.15, 0.2) is 0 Å². The van der Waals surface area contributed by atoms with Gasteiger partial charge in [0.05, 0.1) is 11.4 Å². The smallest absolute Gasteiger partial charge is 0.130 e. The summed E-state index contributed by atoms with van der Waals surface area (Å²) in [5, 5.41) is 10.8. The Bertz CT molecular complexity index is 568. The van der Waals surface area contributed by atoms with E-state index in [1.54, 1.807) is 0 Å². The first-order chi connectivity index (χ1) is 10.2. The van der Waals surface area contributed by atoms with Crippen molar-refractivity contribution in [2.45, 2.75) is 38.7 Å². The number of nitrogens with one attached hydrogen (secondary N) is 2. The monoisotopic (exact) mass is 285 g/mol. The number of benzene rings is 1. The first-order valence-electron chi connectivity index (χ1n) is 7.70. The van der Waals surface area contributed by atoms with Crippen molar-refractivity contribution in [3.05, 3.63) is 47.3 Å². The van der Waals surface area contributed by atoms with Gasteiger partial charge in [-0.25, -0.2) is 0 Å². The first-order valence-corrected chi connectivity index (χ1v) is 7.70. The molecule has 4 heteroatoms. The van der Waals surface area contributed by atoms with Gasteiger partial charge in [-0.1, -0.05) is 26.0 Å². The van der Waals surface area contributed by atoms with Crippen LogP contribution in [0.25, 0.3) is 0 Å². The topological polar surface area (TPSA) is 49.9 Å². The Morgan fingerprint density at radius 1 is 1.29 bits per heavy atom. The molecule has 1 fully saturated rings. The van der Waals surface area contributed by atoms with Crippen molar-refractivity contribution in [2.24, 2.45) is 0 Å². The van der Waals surface area contributed by atoms with Gasteiger partial charge in [-0.3, -0.25) is 5.10 Å². The Morgan fingerprint density at radius 3 is 2.76 bits per heavy atom. The summed E-state index contributed by atoms with van der Waals surface area (Å²) in [6.45, 7) is 7.04. The van der Waals surface area contributed by atoms with E-state index in [0.29, 0.717) is 18.4 Å².